The lowest BCUT2D eigenvalue weighted by Crippen LogP contribution is -2.43. The van der Waals surface area contributed by atoms with Crippen LogP contribution in [0.5, 0.6) is 0 Å². The maximum atomic E-state index is 4.48. The lowest BCUT2D eigenvalue weighted by Gasteiger charge is -2.32. The van der Waals surface area contributed by atoms with Crippen molar-refractivity contribution in [2.45, 2.75) is 39.2 Å². The van der Waals surface area contributed by atoms with Crippen LogP contribution in [-0.4, -0.2) is 49.1 Å². The summed E-state index contributed by atoms with van der Waals surface area (Å²) in [5, 5.41) is 10.3. The molecule has 0 amide bonds. The molecule has 3 rings (SSSR count). The number of nitrogens with one attached hydrogen (secondary N) is 2. The monoisotopic (exact) mass is 405 g/mol. The molecule has 2 N–H and O–H groups in total. The molecule has 0 saturated carbocycles. The molecule has 1 fully saturated rings. The molecule has 1 aliphatic heterocycles. The van der Waals surface area contributed by atoms with Crippen molar-refractivity contribution in [2.24, 2.45) is 10.9 Å². The normalized spacial score (nSPS) is 16.6. The maximum Gasteiger partial charge on any atom is 0.190 e. The number of hydrogen-bond donors (Lipinski definition) is 2. The van der Waals surface area contributed by atoms with Gasteiger partial charge in [-0.15, -0.1) is 22.7 Å². The standard InChI is InChI=1S/C20H31N5S2/c1-3-17-14-23-19(27-17)6-9-22-20(21-2)24-13-16-7-10-25(11-8-16)15-18-5-4-12-26-18/h4-5,12,14,16H,3,6-11,13,15H2,1-2H3,(H2,21,22,24). The van der Waals surface area contributed by atoms with Crippen molar-refractivity contribution in [1.82, 2.24) is 20.5 Å². The molecule has 27 heavy (non-hydrogen) atoms. The molecule has 0 radical (unpaired) electrons. The molecule has 0 aromatic carbocycles. The molecule has 2 aromatic heterocycles. The van der Waals surface area contributed by atoms with E-state index in [4.69, 9.17) is 0 Å². The molecule has 1 aliphatic rings. The van der Waals surface area contributed by atoms with Crippen molar-refractivity contribution in [3.8, 4) is 0 Å². The van der Waals surface area contributed by atoms with E-state index >= 15 is 0 Å². The fourth-order valence-electron chi connectivity index (χ4n) is 3.35. The summed E-state index contributed by atoms with van der Waals surface area (Å²) in [5.74, 6) is 1.64. The SMILES string of the molecule is CCc1cnc(CCNC(=NC)NCC2CCN(Cc3cccs3)CC2)s1. The van der Waals surface area contributed by atoms with Gasteiger partial charge in [-0.2, -0.15) is 0 Å². The first-order valence-electron chi connectivity index (χ1n) is 9.89. The number of guanidine groups is 1. The van der Waals surface area contributed by atoms with Gasteiger partial charge < -0.3 is 10.6 Å². The third kappa shape index (κ3) is 6.59. The van der Waals surface area contributed by atoms with Crippen LogP contribution in [0.3, 0.4) is 0 Å². The first kappa shape index (κ1) is 20.3. The van der Waals surface area contributed by atoms with Crippen LogP contribution in [-0.2, 0) is 19.4 Å². The second-order valence-electron chi connectivity index (χ2n) is 7.00. The van der Waals surface area contributed by atoms with Gasteiger partial charge in [0.1, 0.15) is 0 Å². The summed E-state index contributed by atoms with van der Waals surface area (Å²) in [4.78, 5) is 14.2. The van der Waals surface area contributed by atoms with E-state index in [1.807, 2.05) is 35.9 Å². The summed E-state index contributed by atoms with van der Waals surface area (Å²) >= 11 is 3.68. The Morgan fingerprint density at radius 3 is 2.81 bits per heavy atom. The highest BCUT2D eigenvalue weighted by atomic mass is 32.1. The van der Waals surface area contributed by atoms with Crippen LogP contribution in [0.25, 0.3) is 0 Å². The molecule has 0 atom stereocenters. The Bertz CT molecular complexity index is 687. The Hall–Kier alpha value is -1.44. The number of likely N-dealkylation sites (tertiary alicyclic amines) is 1. The molecule has 2 aromatic rings. The van der Waals surface area contributed by atoms with Crippen molar-refractivity contribution >= 4 is 28.6 Å². The Balaban J connectivity index is 1.31. The van der Waals surface area contributed by atoms with Crippen molar-refractivity contribution in [1.29, 1.82) is 0 Å². The Morgan fingerprint density at radius 1 is 1.30 bits per heavy atom. The van der Waals surface area contributed by atoms with Crippen molar-refractivity contribution in [3.05, 3.63) is 38.5 Å². The molecular formula is C20H31N5S2. The zero-order chi connectivity index (χ0) is 18.9. The molecule has 0 unspecified atom stereocenters. The van der Waals surface area contributed by atoms with Gasteiger partial charge in [0.2, 0.25) is 0 Å². The number of rotatable bonds is 8. The molecule has 7 heteroatoms. The molecule has 3 heterocycles. The highest BCUT2D eigenvalue weighted by Gasteiger charge is 2.19. The summed E-state index contributed by atoms with van der Waals surface area (Å²) in [6.45, 7) is 7.55. The topological polar surface area (TPSA) is 52.6 Å². The third-order valence-corrected chi connectivity index (χ3v) is 7.09. The van der Waals surface area contributed by atoms with Crippen LogP contribution >= 0.6 is 22.7 Å². The van der Waals surface area contributed by atoms with E-state index in [9.17, 15) is 0 Å². The van der Waals surface area contributed by atoms with Crippen LogP contribution in [0, 0.1) is 5.92 Å². The predicted octanol–water partition coefficient (Wildman–Crippen LogP) is 3.39. The van der Waals surface area contributed by atoms with E-state index in [-0.39, 0.29) is 0 Å². The van der Waals surface area contributed by atoms with Gasteiger partial charge in [0.15, 0.2) is 5.96 Å². The van der Waals surface area contributed by atoms with E-state index in [1.54, 1.807) is 0 Å². The summed E-state index contributed by atoms with van der Waals surface area (Å²) < 4.78 is 0. The van der Waals surface area contributed by atoms with E-state index in [0.717, 1.165) is 44.4 Å². The summed E-state index contributed by atoms with van der Waals surface area (Å²) in [5.41, 5.74) is 0. The highest BCUT2D eigenvalue weighted by molar-refractivity contribution is 7.11. The fourth-order valence-corrected chi connectivity index (χ4v) is 4.96. The quantitative estimate of drug-likeness (QED) is 0.522. The summed E-state index contributed by atoms with van der Waals surface area (Å²) in [6, 6.07) is 4.38. The van der Waals surface area contributed by atoms with Crippen LogP contribution in [0.4, 0.5) is 0 Å². The minimum Gasteiger partial charge on any atom is -0.356 e. The van der Waals surface area contributed by atoms with Gasteiger partial charge in [-0.25, -0.2) is 4.98 Å². The van der Waals surface area contributed by atoms with Crippen LogP contribution in [0.1, 0.15) is 34.5 Å². The third-order valence-electron chi connectivity index (χ3n) is 5.03. The second-order valence-corrected chi connectivity index (χ2v) is 9.23. The average Bonchev–Trinajstić information content (AvgIpc) is 3.37. The number of thiophene rings is 1. The molecule has 5 nitrogen and oxygen atoms in total. The van der Waals surface area contributed by atoms with Crippen molar-refractivity contribution < 1.29 is 0 Å². The van der Waals surface area contributed by atoms with Gasteiger partial charge in [0.05, 0.1) is 5.01 Å². The van der Waals surface area contributed by atoms with Crippen LogP contribution in [0.15, 0.2) is 28.7 Å². The minimum atomic E-state index is 0.731. The summed E-state index contributed by atoms with van der Waals surface area (Å²) in [7, 11) is 1.84. The summed E-state index contributed by atoms with van der Waals surface area (Å²) in [6.07, 6.45) is 6.54. The number of thiazole rings is 1. The van der Waals surface area contributed by atoms with Crippen LogP contribution in [0.2, 0.25) is 0 Å². The van der Waals surface area contributed by atoms with Gasteiger partial charge in [-0.3, -0.25) is 9.89 Å². The number of aliphatic imine (C=N–C) groups is 1. The maximum absolute atomic E-state index is 4.48. The van der Waals surface area contributed by atoms with E-state index in [2.05, 4.69) is 49.9 Å². The van der Waals surface area contributed by atoms with Crippen molar-refractivity contribution in [3.63, 3.8) is 0 Å². The zero-order valence-electron chi connectivity index (χ0n) is 16.4. The van der Waals surface area contributed by atoms with Crippen LogP contribution < -0.4 is 10.6 Å². The fraction of sp³-hybridized carbons (Fsp3) is 0.600. The van der Waals surface area contributed by atoms with Crippen molar-refractivity contribution in [2.75, 3.05) is 33.2 Å². The first-order chi connectivity index (χ1) is 13.3. The smallest absolute Gasteiger partial charge is 0.190 e. The molecule has 0 bridgehead atoms. The molecule has 0 spiro atoms. The van der Waals surface area contributed by atoms with E-state index in [0.29, 0.717) is 0 Å². The number of aromatic nitrogens is 1. The molecule has 148 valence electrons. The highest BCUT2D eigenvalue weighted by Crippen LogP contribution is 2.20. The number of aryl methyl sites for hydroxylation is 1. The van der Waals surface area contributed by atoms with E-state index < -0.39 is 0 Å². The largest absolute Gasteiger partial charge is 0.356 e. The second kappa shape index (κ2) is 10.8. The Kier molecular flexibility index (Phi) is 8.10. The molecule has 1 saturated heterocycles. The Morgan fingerprint density at radius 2 is 2.15 bits per heavy atom. The first-order valence-corrected chi connectivity index (χ1v) is 11.6. The van der Waals surface area contributed by atoms with Gasteiger partial charge in [-0.05, 0) is 49.7 Å². The lowest BCUT2D eigenvalue weighted by molar-refractivity contribution is 0.179. The number of piperidine rings is 1. The van der Waals surface area contributed by atoms with Gasteiger partial charge in [0, 0.05) is 49.1 Å². The Labute approximate surface area is 170 Å². The number of hydrogen-bond acceptors (Lipinski definition) is 5. The lowest BCUT2D eigenvalue weighted by atomic mass is 9.97. The number of nitrogens with zero attached hydrogens (tertiary/aromatic N) is 3. The minimum absolute atomic E-state index is 0.731. The van der Waals surface area contributed by atoms with E-state index in [1.165, 1.54) is 40.7 Å². The average molecular weight is 406 g/mol. The molecule has 0 aliphatic carbocycles. The molecular weight excluding hydrogens is 374 g/mol. The predicted molar refractivity (Wildman–Crippen MR) is 117 cm³/mol. The van der Waals surface area contributed by atoms with Gasteiger partial charge >= 0.3 is 0 Å². The zero-order valence-corrected chi connectivity index (χ0v) is 18.0. The van der Waals surface area contributed by atoms with Gasteiger partial charge in [0.25, 0.3) is 0 Å². The van der Waals surface area contributed by atoms with Gasteiger partial charge in [-0.1, -0.05) is 13.0 Å².